The number of halogens is 3. The molecule has 4 heteroatoms. The predicted molar refractivity (Wildman–Crippen MR) is 65.4 cm³/mol. The van der Waals surface area contributed by atoms with Gasteiger partial charge in [-0.1, -0.05) is 32.0 Å². The minimum atomic E-state index is -4.21. The highest BCUT2D eigenvalue weighted by Crippen LogP contribution is 2.29. The summed E-state index contributed by atoms with van der Waals surface area (Å²) in [7, 11) is 0. The van der Waals surface area contributed by atoms with Crippen LogP contribution in [0.4, 0.5) is 13.2 Å². The summed E-state index contributed by atoms with van der Waals surface area (Å²) >= 11 is 0. The highest BCUT2D eigenvalue weighted by Gasteiger charge is 2.28. The molecule has 1 rings (SSSR count). The number of aryl methyl sites for hydroxylation is 2. The zero-order chi connectivity index (χ0) is 13.8. The summed E-state index contributed by atoms with van der Waals surface area (Å²) in [6, 6.07) is 5.67. The second-order valence-electron chi connectivity index (χ2n) is 4.41. The van der Waals surface area contributed by atoms with Crippen molar-refractivity contribution in [3.63, 3.8) is 0 Å². The van der Waals surface area contributed by atoms with Gasteiger partial charge in [0.2, 0.25) is 0 Å². The largest absolute Gasteiger partial charge is 0.389 e. The lowest BCUT2D eigenvalue weighted by molar-refractivity contribution is -0.140. The van der Waals surface area contributed by atoms with E-state index in [0.29, 0.717) is 12.0 Å². The van der Waals surface area contributed by atoms with Gasteiger partial charge in [-0.3, -0.25) is 0 Å². The average Bonchev–Trinajstić information content (AvgIpc) is 2.34. The highest BCUT2D eigenvalue weighted by atomic mass is 19.4. The monoisotopic (exact) mass is 260 g/mol. The lowest BCUT2D eigenvalue weighted by Crippen LogP contribution is -2.11. The van der Waals surface area contributed by atoms with Gasteiger partial charge in [0.25, 0.3) is 0 Å². The Hall–Kier alpha value is -1.03. The lowest BCUT2D eigenvalue weighted by atomic mass is 9.94. The van der Waals surface area contributed by atoms with Gasteiger partial charge in [0.1, 0.15) is 0 Å². The van der Waals surface area contributed by atoms with Crippen molar-refractivity contribution in [2.45, 2.75) is 51.8 Å². The highest BCUT2D eigenvalue weighted by molar-refractivity contribution is 5.33. The quantitative estimate of drug-likeness (QED) is 0.841. The van der Waals surface area contributed by atoms with E-state index in [1.165, 1.54) is 0 Å². The molecule has 102 valence electrons. The van der Waals surface area contributed by atoms with E-state index < -0.39 is 18.7 Å². The first-order valence-corrected chi connectivity index (χ1v) is 6.23. The summed E-state index contributed by atoms with van der Waals surface area (Å²) in [6.07, 6.45) is -4.95. The molecule has 1 aromatic rings. The summed E-state index contributed by atoms with van der Waals surface area (Å²) in [5.41, 5.74) is 2.59. The van der Waals surface area contributed by atoms with Crippen molar-refractivity contribution < 1.29 is 18.3 Å². The molecule has 0 aliphatic heterocycles. The van der Waals surface area contributed by atoms with Gasteiger partial charge in [0, 0.05) is 6.42 Å². The molecule has 0 saturated carbocycles. The third-order valence-electron chi connectivity index (χ3n) is 3.06. The fourth-order valence-corrected chi connectivity index (χ4v) is 1.95. The number of benzene rings is 1. The van der Waals surface area contributed by atoms with Crippen molar-refractivity contribution in [2.24, 2.45) is 0 Å². The van der Waals surface area contributed by atoms with E-state index in [2.05, 4.69) is 0 Å². The van der Waals surface area contributed by atoms with Crippen LogP contribution in [-0.2, 0) is 12.8 Å². The normalized spacial score (nSPS) is 13.7. The number of hydrogen-bond acceptors (Lipinski definition) is 1. The number of rotatable bonds is 5. The Morgan fingerprint density at radius 2 is 1.83 bits per heavy atom. The van der Waals surface area contributed by atoms with Crippen LogP contribution in [0.1, 0.15) is 49.5 Å². The summed E-state index contributed by atoms with van der Waals surface area (Å²) in [5, 5.41) is 9.92. The smallest absolute Gasteiger partial charge is 0.388 e. The van der Waals surface area contributed by atoms with Crippen LogP contribution in [-0.4, -0.2) is 11.3 Å². The Morgan fingerprint density at radius 3 is 2.33 bits per heavy atom. The van der Waals surface area contributed by atoms with Crippen LogP contribution in [0.3, 0.4) is 0 Å². The van der Waals surface area contributed by atoms with Gasteiger partial charge < -0.3 is 5.11 Å². The fraction of sp³-hybridized carbons (Fsp3) is 0.571. The van der Waals surface area contributed by atoms with E-state index in [1.54, 1.807) is 0 Å². The molecule has 0 radical (unpaired) electrons. The molecule has 1 unspecified atom stereocenters. The molecule has 1 N–H and O–H groups in total. The molecule has 1 aromatic carbocycles. The first-order chi connectivity index (χ1) is 8.37. The van der Waals surface area contributed by atoms with Crippen molar-refractivity contribution in [3.05, 3.63) is 34.9 Å². The fourth-order valence-electron chi connectivity index (χ4n) is 1.95. The SMILES string of the molecule is CCc1ccc(CC)c(C(O)CCC(F)(F)F)c1. The van der Waals surface area contributed by atoms with Crippen molar-refractivity contribution in [2.75, 3.05) is 0 Å². The van der Waals surface area contributed by atoms with Gasteiger partial charge >= 0.3 is 6.18 Å². The van der Waals surface area contributed by atoms with Crippen LogP contribution in [0.25, 0.3) is 0 Å². The first kappa shape index (κ1) is 15.0. The van der Waals surface area contributed by atoms with E-state index in [9.17, 15) is 18.3 Å². The molecule has 1 nitrogen and oxygen atoms in total. The molecule has 1 atom stereocenters. The van der Waals surface area contributed by atoms with Crippen LogP contribution < -0.4 is 0 Å². The number of alkyl halides is 3. The molecule has 0 saturated heterocycles. The maximum atomic E-state index is 12.1. The molecule has 0 heterocycles. The van der Waals surface area contributed by atoms with Crippen LogP contribution in [0, 0.1) is 0 Å². The zero-order valence-electron chi connectivity index (χ0n) is 10.7. The number of hydrogen-bond donors (Lipinski definition) is 1. The molecule has 0 amide bonds. The molecule has 0 spiro atoms. The van der Waals surface area contributed by atoms with Crippen molar-refractivity contribution in [3.8, 4) is 0 Å². The van der Waals surface area contributed by atoms with E-state index in [4.69, 9.17) is 0 Å². The van der Waals surface area contributed by atoms with E-state index in [1.807, 2.05) is 32.0 Å². The second-order valence-corrected chi connectivity index (χ2v) is 4.41. The molecule has 0 aliphatic rings. The van der Waals surface area contributed by atoms with Crippen molar-refractivity contribution in [1.29, 1.82) is 0 Å². The number of aliphatic hydroxyl groups excluding tert-OH is 1. The Balaban J connectivity index is 2.85. The molecule has 0 fully saturated rings. The van der Waals surface area contributed by atoms with Crippen LogP contribution in [0.5, 0.6) is 0 Å². The zero-order valence-corrected chi connectivity index (χ0v) is 10.7. The Morgan fingerprint density at radius 1 is 1.17 bits per heavy atom. The summed E-state index contributed by atoms with van der Waals surface area (Å²) in [6.45, 7) is 3.91. The molecular formula is C14H19F3O. The minimum Gasteiger partial charge on any atom is -0.388 e. The first-order valence-electron chi connectivity index (χ1n) is 6.23. The van der Waals surface area contributed by atoms with Gasteiger partial charge in [0.15, 0.2) is 0 Å². The Bertz CT molecular complexity index is 385. The topological polar surface area (TPSA) is 20.2 Å². The van der Waals surface area contributed by atoms with Crippen LogP contribution in [0.15, 0.2) is 18.2 Å². The van der Waals surface area contributed by atoms with E-state index in [0.717, 1.165) is 17.5 Å². The van der Waals surface area contributed by atoms with Gasteiger partial charge in [0.05, 0.1) is 6.10 Å². The molecular weight excluding hydrogens is 241 g/mol. The lowest BCUT2D eigenvalue weighted by Gasteiger charge is -2.17. The van der Waals surface area contributed by atoms with Crippen molar-refractivity contribution in [1.82, 2.24) is 0 Å². The van der Waals surface area contributed by atoms with E-state index in [-0.39, 0.29) is 6.42 Å². The van der Waals surface area contributed by atoms with Gasteiger partial charge in [-0.05, 0) is 36.0 Å². The molecule has 0 bridgehead atoms. The summed E-state index contributed by atoms with van der Waals surface area (Å²) in [5.74, 6) is 0. The molecule has 0 aliphatic carbocycles. The maximum Gasteiger partial charge on any atom is 0.389 e. The number of aliphatic hydroxyl groups is 1. The molecule has 0 aromatic heterocycles. The maximum absolute atomic E-state index is 12.1. The average molecular weight is 260 g/mol. The van der Waals surface area contributed by atoms with Gasteiger partial charge in [-0.25, -0.2) is 0 Å². The molecule has 18 heavy (non-hydrogen) atoms. The Kier molecular flexibility index (Phi) is 5.20. The van der Waals surface area contributed by atoms with Gasteiger partial charge in [-0.2, -0.15) is 13.2 Å². The summed E-state index contributed by atoms with van der Waals surface area (Å²) in [4.78, 5) is 0. The van der Waals surface area contributed by atoms with Gasteiger partial charge in [-0.15, -0.1) is 0 Å². The van der Waals surface area contributed by atoms with Crippen LogP contribution in [0.2, 0.25) is 0 Å². The third-order valence-corrected chi connectivity index (χ3v) is 3.06. The van der Waals surface area contributed by atoms with E-state index >= 15 is 0 Å². The third kappa shape index (κ3) is 4.33. The standard InChI is InChI=1S/C14H19F3O/c1-3-10-5-6-11(4-2)12(9-10)13(18)7-8-14(15,16)17/h5-6,9,13,18H,3-4,7-8H2,1-2H3. The minimum absolute atomic E-state index is 0.274. The second kappa shape index (κ2) is 6.23. The van der Waals surface area contributed by atoms with Crippen molar-refractivity contribution >= 4 is 0 Å². The van der Waals surface area contributed by atoms with Crippen LogP contribution >= 0.6 is 0 Å². The Labute approximate surface area is 106 Å². The predicted octanol–water partition coefficient (Wildman–Crippen LogP) is 4.19. The summed E-state index contributed by atoms with van der Waals surface area (Å²) < 4.78 is 36.4.